The van der Waals surface area contributed by atoms with E-state index < -0.39 is 0 Å². The molecular weight excluding hydrogens is 260 g/mol. The molecule has 1 aromatic heterocycles. The number of aryl methyl sites for hydroxylation is 1. The summed E-state index contributed by atoms with van der Waals surface area (Å²) in [6.45, 7) is 6.79. The quantitative estimate of drug-likeness (QED) is 0.916. The third-order valence-electron chi connectivity index (χ3n) is 3.58. The second-order valence-electron chi connectivity index (χ2n) is 5.14. The number of carbonyl (C=O) groups excluding carboxylic acids is 2. The number of nitrogens with one attached hydrogen (secondary N) is 1. The Labute approximate surface area is 117 Å². The third-order valence-corrected chi connectivity index (χ3v) is 4.57. The second-order valence-corrected chi connectivity index (χ2v) is 6.51. The molecule has 0 bridgehead atoms. The van der Waals surface area contributed by atoms with E-state index in [1.807, 2.05) is 32.9 Å². The summed E-state index contributed by atoms with van der Waals surface area (Å²) in [6.07, 6.45) is 0.878. The lowest BCUT2D eigenvalue weighted by molar-refractivity contribution is -0.146. The minimum absolute atomic E-state index is 0.0417. The molecule has 0 spiro atoms. The third kappa shape index (κ3) is 3.15. The summed E-state index contributed by atoms with van der Waals surface area (Å²) in [6, 6.07) is 3.70. The normalized spacial score (nSPS) is 21.4. The molecule has 2 heterocycles. The summed E-state index contributed by atoms with van der Waals surface area (Å²) in [4.78, 5) is 28.2. The topological polar surface area (TPSA) is 49.4 Å². The number of hydrogen-bond donors (Lipinski definition) is 1. The first-order valence-electron chi connectivity index (χ1n) is 6.64. The Balaban J connectivity index is 2.11. The summed E-state index contributed by atoms with van der Waals surface area (Å²) in [7, 11) is 0. The van der Waals surface area contributed by atoms with Crippen molar-refractivity contribution in [2.45, 2.75) is 39.8 Å². The van der Waals surface area contributed by atoms with Gasteiger partial charge in [-0.05, 0) is 25.0 Å². The molecule has 2 unspecified atom stereocenters. The molecule has 4 nitrogen and oxygen atoms in total. The number of hydrogen-bond acceptors (Lipinski definition) is 3. The SMILES string of the molecule is CCC(C)C1NC(=O)CN(Cc2ccc(C)s2)C1=O. The van der Waals surface area contributed by atoms with Crippen LogP contribution in [-0.2, 0) is 16.1 Å². The van der Waals surface area contributed by atoms with Crippen molar-refractivity contribution in [1.29, 1.82) is 0 Å². The van der Waals surface area contributed by atoms with E-state index in [1.165, 1.54) is 4.88 Å². The van der Waals surface area contributed by atoms with Gasteiger partial charge in [0.1, 0.15) is 6.04 Å². The molecule has 1 aliphatic heterocycles. The Morgan fingerprint density at radius 2 is 2.21 bits per heavy atom. The van der Waals surface area contributed by atoms with Crippen LogP contribution >= 0.6 is 11.3 Å². The molecule has 1 fully saturated rings. The molecule has 2 amide bonds. The van der Waals surface area contributed by atoms with E-state index in [0.29, 0.717) is 6.54 Å². The summed E-state index contributed by atoms with van der Waals surface area (Å²) < 4.78 is 0. The van der Waals surface area contributed by atoms with Crippen LogP contribution in [-0.4, -0.2) is 29.3 Å². The number of carbonyl (C=O) groups is 2. The van der Waals surface area contributed by atoms with Crippen LogP contribution in [0.5, 0.6) is 0 Å². The lowest BCUT2D eigenvalue weighted by atomic mass is 9.96. The van der Waals surface area contributed by atoms with Gasteiger partial charge in [0.25, 0.3) is 0 Å². The van der Waals surface area contributed by atoms with Crippen molar-refractivity contribution >= 4 is 23.2 Å². The first-order valence-corrected chi connectivity index (χ1v) is 7.46. The van der Waals surface area contributed by atoms with Crippen molar-refractivity contribution in [2.75, 3.05) is 6.54 Å². The summed E-state index contributed by atoms with van der Waals surface area (Å²) in [5, 5.41) is 2.81. The van der Waals surface area contributed by atoms with Crippen LogP contribution in [0.25, 0.3) is 0 Å². The van der Waals surface area contributed by atoms with Crippen LogP contribution in [0.15, 0.2) is 12.1 Å². The average molecular weight is 280 g/mol. The highest BCUT2D eigenvalue weighted by Crippen LogP contribution is 2.20. The zero-order chi connectivity index (χ0) is 14.0. The van der Waals surface area contributed by atoms with E-state index in [2.05, 4.69) is 5.32 Å². The summed E-state index contributed by atoms with van der Waals surface area (Å²) in [5.41, 5.74) is 0. The van der Waals surface area contributed by atoms with E-state index in [0.717, 1.165) is 11.3 Å². The molecule has 1 aliphatic rings. The standard InChI is InChI=1S/C14H20N2O2S/c1-4-9(2)13-14(18)16(8-12(17)15-13)7-11-6-5-10(3)19-11/h5-6,9,13H,4,7-8H2,1-3H3,(H,15,17). The molecule has 1 N–H and O–H groups in total. The molecule has 2 atom stereocenters. The highest BCUT2D eigenvalue weighted by molar-refractivity contribution is 7.11. The Morgan fingerprint density at radius 1 is 1.47 bits per heavy atom. The van der Waals surface area contributed by atoms with Crippen LogP contribution in [0.2, 0.25) is 0 Å². The van der Waals surface area contributed by atoms with Gasteiger partial charge in [-0.2, -0.15) is 0 Å². The van der Waals surface area contributed by atoms with E-state index in [4.69, 9.17) is 0 Å². The fourth-order valence-corrected chi connectivity index (χ4v) is 3.15. The maximum Gasteiger partial charge on any atom is 0.246 e. The first-order chi connectivity index (χ1) is 9.01. The minimum atomic E-state index is -0.368. The van der Waals surface area contributed by atoms with Gasteiger partial charge in [-0.1, -0.05) is 20.3 Å². The van der Waals surface area contributed by atoms with Crippen molar-refractivity contribution in [3.63, 3.8) is 0 Å². The Bertz CT molecular complexity index is 484. The molecule has 1 saturated heterocycles. The van der Waals surface area contributed by atoms with Gasteiger partial charge >= 0.3 is 0 Å². The zero-order valence-electron chi connectivity index (χ0n) is 11.6. The Kier molecular flexibility index (Phi) is 4.24. The van der Waals surface area contributed by atoms with Gasteiger partial charge in [0, 0.05) is 9.75 Å². The monoisotopic (exact) mass is 280 g/mol. The van der Waals surface area contributed by atoms with Crippen LogP contribution in [0, 0.1) is 12.8 Å². The molecule has 2 rings (SSSR count). The van der Waals surface area contributed by atoms with Gasteiger partial charge < -0.3 is 10.2 Å². The predicted molar refractivity (Wildman–Crippen MR) is 75.9 cm³/mol. The second kappa shape index (κ2) is 5.74. The van der Waals surface area contributed by atoms with Crippen molar-refractivity contribution in [1.82, 2.24) is 10.2 Å². The van der Waals surface area contributed by atoms with Gasteiger partial charge in [-0.25, -0.2) is 0 Å². The van der Waals surface area contributed by atoms with Crippen LogP contribution in [0.1, 0.15) is 30.0 Å². The van der Waals surface area contributed by atoms with Gasteiger partial charge in [0.15, 0.2) is 0 Å². The fourth-order valence-electron chi connectivity index (χ4n) is 2.24. The zero-order valence-corrected chi connectivity index (χ0v) is 12.4. The Hall–Kier alpha value is -1.36. The molecule has 1 aromatic rings. The van der Waals surface area contributed by atoms with E-state index in [9.17, 15) is 9.59 Å². The maximum absolute atomic E-state index is 12.4. The number of amides is 2. The van der Waals surface area contributed by atoms with Crippen molar-refractivity contribution < 1.29 is 9.59 Å². The van der Waals surface area contributed by atoms with Crippen LogP contribution in [0.4, 0.5) is 0 Å². The van der Waals surface area contributed by atoms with Gasteiger partial charge in [-0.3, -0.25) is 9.59 Å². The fraction of sp³-hybridized carbons (Fsp3) is 0.571. The lowest BCUT2D eigenvalue weighted by Crippen LogP contribution is -2.59. The minimum Gasteiger partial charge on any atom is -0.342 e. The molecule has 19 heavy (non-hydrogen) atoms. The first kappa shape index (κ1) is 14.1. The van der Waals surface area contributed by atoms with Crippen LogP contribution < -0.4 is 5.32 Å². The highest BCUT2D eigenvalue weighted by atomic mass is 32.1. The highest BCUT2D eigenvalue weighted by Gasteiger charge is 2.35. The van der Waals surface area contributed by atoms with E-state index in [-0.39, 0.29) is 30.3 Å². The molecule has 104 valence electrons. The lowest BCUT2D eigenvalue weighted by Gasteiger charge is -2.34. The van der Waals surface area contributed by atoms with Crippen LogP contribution in [0.3, 0.4) is 0 Å². The van der Waals surface area contributed by atoms with Gasteiger partial charge in [0.2, 0.25) is 11.8 Å². The molecule has 0 aromatic carbocycles. The number of thiophene rings is 1. The van der Waals surface area contributed by atoms with E-state index in [1.54, 1.807) is 16.2 Å². The smallest absolute Gasteiger partial charge is 0.246 e. The van der Waals surface area contributed by atoms with Gasteiger partial charge in [0.05, 0.1) is 13.1 Å². The molecule has 0 aliphatic carbocycles. The molecule has 0 radical (unpaired) electrons. The van der Waals surface area contributed by atoms with Crippen molar-refractivity contribution in [3.05, 3.63) is 21.9 Å². The summed E-state index contributed by atoms with van der Waals surface area (Å²) >= 11 is 1.67. The Morgan fingerprint density at radius 3 is 2.79 bits per heavy atom. The van der Waals surface area contributed by atoms with E-state index >= 15 is 0 Å². The molecule has 5 heteroatoms. The largest absolute Gasteiger partial charge is 0.342 e. The summed E-state index contributed by atoms with van der Waals surface area (Å²) in [5.74, 6) is 0.155. The van der Waals surface area contributed by atoms with Gasteiger partial charge in [-0.15, -0.1) is 11.3 Å². The molecular formula is C14H20N2O2S. The number of rotatable bonds is 4. The van der Waals surface area contributed by atoms with Crippen molar-refractivity contribution in [3.8, 4) is 0 Å². The number of nitrogens with zero attached hydrogens (tertiary/aromatic N) is 1. The van der Waals surface area contributed by atoms with Crippen molar-refractivity contribution in [2.24, 2.45) is 5.92 Å². The predicted octanol–water partition coefficient (Wildman–Crippen LogP) is 1.93. The molecule has 0 saturated carbocycles. The average Bonchev–Trinajstić information content (AvgIpc) is 2.78. The maximum atomic E-state index is 12.4. The number of piperazine rings is 1.